The SMILES string of the molecule is COc1cccc2c1CCCC2N(C)Cc1nc(-c2ccccc2)c(-c2ccccc2)o1. The van der Waals surface area contributed by atoms with Crippen molar-refractivity contribution >= 4 is 0 Å². The maximum atomic E-state index is 6.37. The number of hydrogen-bond donors (Lipinski definition) is 0. The summed E-state index contributed by atoms with van der Waals surface area (Å²) in [6.45, 7) is 0.647. The molecule has 1 aromatic heterocycles. The summed E-state index contributed by atoms with van der Waals surface area (Å²) in [5.41, 5.74) is 5.69. The lowest BCUT2D eigenvalue weighted by Gasteiger charge is -2.33. The summed E-state index contributed by atoms with van der Waals surface area (Å²) >= 11 is 0. The quantitative estimate of drug-likeness (QED) is 0.353. The largest absolute Gasteiger partial charge is 0.496 e. The highest BCUT2D eigenvalue weighted by molar-refractivity contribution is 5.76. The molecule has 0 amide bonds. The molecule has 1 aliphatic rings. The number of benzene rings is 3. The second-order valence-electron chi connectivity index (χ2n) is 8.37. The third-order valence-corrected chi connectivity index (χ3v) is 6.32. The molecule has 0 aliphatic heterocycles. The highest BCUT2D eigenvalue weighted by atomic mass is 16.5. The average molecular weight is 425 g/mol. The van der Waals surface area contributed by atoms with Crippen molar-refractivity contribution in [3.8, 4) is 28.3 Å². The summed E-state index contributed by atoms with van der Waals surface area (Å²) in [5, 5.41) is 0. The van der Waals surface area contributed by atoms with E-state index < -0.39 is 0 Å². The van der Waals surface area contributed by atoms with Gasteiger partial charge in [-0.15, -0.1) is 0 Å². The lowest BCUT2D eigenvalue weighted by atomic mass is 9.86. The lowest BCUT2D eigenvalue weighted by molar-refractivity contribution is 0.194. The predicted octanol–water partition coefficient (Wildman–Crippen LogP) is 6.53. The van der Waals surface area contributed by atoms with Gasteiger partial charge in [-0.3, -0.25) is 4.90 Å². The zero-order valence-corrected chi connectivity index (χ0v) is 18.6. The minimum absolute atomic E-state index is 0.320. The Morgan fingerprint density at radius 1 is 0.938 bits per heavy atom. The van der Waals surface area contributed by atoms with Gasteiger partial charge < -0.3 is 9.15 Å². The normalized spacial score (nSPS) is 15.5. The molecule has 1 atom stereocenters. The molecule has 4 aromatic rings. The van der Waals surface area contributed by atoms with Gasteiger partial charge in [0.15, 0.2) is 5.76 Å². The molecule has 0 fully saturated rings. The molecule has 32 heavy (non-hydrogen) atoms. The van der Waals surface area contributed by atoms with E-state index in [1.807, 2.05) is 36.4 Å². The Kier molecular flexibility index (Phi) is 5.78. The highest BCUT2D eigenvalue weighted by Crippen LogP contribution is 2.39. The number of oxazole rings is 1. The van der Waals surface area contributed by atoms with Gasteiger partial charge in [-0.1, -0.05) is 72.8 Å². The predicted molar refractivity (Wildman–Crippen MR) is 128 cm³/mol. The van der Waals surface area contributed by atoms with Crippen LogP contribution >= 0.6 is 0 Å². The highest BCUT2D eigenvalue weighted by Gasteiger charge is 2.27. The van der Waals surface area contributed by atoms with Gasteiger partial charge in [0.25, 0.3) is 0 Å². The molecule has 4 heteroatoms. The zero-order chi connectivity index (χ0) is 21.9. The van der Waals surface area contributed by atoms with Crippen LogP contribution in [-0.4, -0.2) is 24.0 Å². The molecule has 4 nitrogen and oxygen atoms in total. The van der Waals surface area contributed by atoms with E-state index in [0.717, 1.165) is 53.5 Å². The van der Waals surface area contributed by atoms with Crippen LogP contribution in [0, 0.1) is 0 Å². The standard InChI is InChI=1S/C28H28N2O2/c1-30(24-17-9-16-23-22(24)15-10-18-25(23)31-2)19-26-29-27(20-11-5-3-6-12-20)28(32-26)21-13-7-4-8-14-21/h3-8,10-15,18,24H,9,16-17,19H2,1-2H3. The van der Waals surface area contributed by atoms with Gasteiger partial charge in [0.2, 0.25) is 5.89 Å². The molecular weight excluding hydrogens is 396 g/mol. The first-order valence-corrected chi connectivity index (χ1v) is 11.2. The van der Waals surface area contributed by atoms with Crippen LogP contribution in [0.2, 0.25) is 0 Å². The van der Waals surface area contributed by atoms with E-state index >= 15 is 0 Å². The molecule has 0 spiro atoms. The molecule has 0 saturated heterocycles. The van der Waals surface area contributed by atoms with E-state index in [-0.39, 0.29) is 0 Å². The third-order valence-electron chi connectivity index (χ3n) is 6.32. The molecular formula is C28H28N2O2. The summed E-state index contributed by atoms with van der Waals surface area (Å²) in [6.07, 6.45) is 3.34. The fraction of sp³-hybridized carbons (Fsp3) is 0.250. The fourth-order valence-electron chi connectivity index (χ4n) is 4.77. The average Bonchev–Trinajstić information content (AvgIpc) is 3.28. The monoisotopic (exact) mass is 424 g/mol. The molecule has 0 saturated carbocycles. The molecule has 5 rings (SSSR count). The van der Waals surface area contributed by atoms with Gasteiger partial charge in [0.05, 0.1) is 13.7 Å². The number of nitrogens with zero attached hydrogens (tertiary/aromatic N) is 2. The maximum absolute atomic E-state index is 6.37. The van der Waals surface area contributed by atoms with Crippen LogP contribution in [0.15, 0.2) is 83.3 Å². The molecule has 3 aromatic carbocycles. The van der Waals surface area contributed by atoms with E-state index in [1.165, 1.54) is 11.1 Å². The third kappa shape index (κ3) is 3.94. The van der Waals surface area contributed by atoms with E-state index in [4.69, 9.17) is 14.1 Å². The molecule has 0 bridgehead atoms. The van der Waals surface area contributed by atoms with Crippen LogP contribution in [0.3, 0.4) is 0 Å². The first-order valence-electron chi connectivity index (χ1n) is 11.2. The maximum Gasteiger partial charge on any atom is 0.209 e. The van der Waals surface area contributed by atoms with Gasteiger partial charge in [-0.2, -0.15) is 0 Å². The number of ether oxygens (including phenoxy) is 1. The number of methoxy groups -OCH3 is 1. The first-order chi connectivity index (χ1) is 15.7. The Morgan fingerprint density at radius 3 is 2.38 bits per heavy atom. The summed E-state index contributed by atoms with van der Waals surface area (Å²) < 4.78 is 12.0. The minimum atomic E-state index is 0.320. The first kappa shape index (κ1) is 20.5. The topological polar surface area (TPSA) is 38.5 Å². The van der Waals surface area contributed by atoms with Crippen LogP contribution in [0.25, 0.3) is 22.6 Å². The van der Waals surface area contributed by atoms with Crippen LogP contribution in [-0.2, 0) is 13.0 Å². The minimum Gasteiger partial charge on any atom is -0.496 e. The van der Waals surface area contributed by atoms with Crippen molar-refractivity contribution in [1.82, 2.24) is 9.88 Å². The van der Waals surface area contributed by atoms with E-state index in [1.54, 1.807) is 7.11 Å². The lowest BCUT2D eigenvalue weighted by Crippen LogP contribution is -2.27. The summed E-state index contributed by atoms with van der Waals surface area (Å²) in [5.74, 6) is 2.56. The Morgan fingerprint density at radius 2 is 1.66 bits per heavy atom. The zero-order valence-electron chi connectivity index (χ0n) is 18.6. The van der Waals surface area contributed by atoms with Gasteiger partial charge >= 0.3 is 0 Å². The second-order valence-corrected chi connectivity index (χ2v) is 8.37. The number of hydrogen-bond acceptors (Lipinski definition) is 4. The Bertz CT molecular complexity index is 1130. The number of aromatic nitrogens is 1. The number of fused-ring (bicyclic) bond motifs is 1. The van der Waals surface area contributed by atoms with Crippen molar-refractivity contribution in [2.24, 2.45) is 0 Å². The van der Waals surface area contributed by atoms with Crippen molar-refractivity contribution in [2.75, 3.05) is 14.2 Å². The van der Waals surface area contributed by atoms with Crippen LogP contribution < -0.4 is 4.74 Å². The molecule has 1 heterocycles. The van der Waals surface area contributed by atoms with Gasteiger partial charge in [-0.25, -0.2) is 4.98 Å². The molecule has 162 valence electrons. The van der Waals surface area contributed by atoms with Crippen molar-refractivity contribution in [2.45, 2.75) is 31.8 Å². The van der Waals surface area contributed by atoms with Crippen molar-refractivity contribution in [1.29, 1.82) is 0 Å². The summed E-state index contributed by atoms with van der Waals surface area (Å²) in [6, 6.07) is 27.2. The van der Waals surface area contributed by atoms with Crippen molar-refractivity contribution in [3.05, 3.63) is 95.9 Å². The van der Waals surface area contributed by atoms with E-state index in [2.05, 4.69) is 54.4 Å². The molecule has 1 unspecified atom stereocenters. The van der Waals surface area contributed by atoms with E-state index in [0.29, 0.717) is 12.6 Å². The smallest absolute Gasteiger partial charge is 0.209 e. The van der Waals surface area contributed by atoms with Crippen molar-refractivity contribution in [3.63, 3.8) is 0 Å². The second kappa shape index (κ2) is 9.01. The summed E-state index contributed by atoms with van der Waals surface area (Å²) in [7, 11) is 3.92. The van der Waals surface area contributed by atoms with E-state index in [9.17, 15) is 0 Å². The molecule has 0 radical (unpaired) electrons. The number of rotatable bonds is 6. The van der Waals surface area contributed by atoms with Gasteiger partial charge in [0, 0.05) is 17.2 Å². The molecule has 0 N–H and O–H groups in total. The van der Waals surface area contributed by atoms with Crippen LogP contribution in [0.5, 0.6) is 5.75 Å². The van der Waals surface area contributed by atoms with Crippen molar-refractivity contribution < 1.29 is 9.15 Å². The van der Waals surface area contributed by atoms with Crippen LogP contribution in [0.1, 0.15) is 35.9 Å². The Balaban J connectivity index is 1.47. The Labute approximate surface area is 189 Å². The molecule has 1 aliphatic carbocycles. The van der Waals surface area contributed by atoms with Gasteiger partial charge in [0.1, 0.15) is 11.4 Å². The Hall–Kier alpha value is -3.37. The summed E-state index contributed by atoms with van der Waals surface area (Å²) in [4.78, 5) is 7.30. The van der Waals surface area contributed by atoms with Gasteiger partial charge in [-0.05, 0) is 43.5 Å². The van der Waals surface area contributed by atoms with Crippen LogP contribution in [0.4, 0.5) is 0 Å². The fourth-order valence-corrected chi connectivity index (χ4v) is 4.77.